The number of aromatic nitrogens is 1. The number of hydrogen-bond acceptors (Lipinski definition) is 4. The molecule has 0 spiro atoms. The van der Waals surface area contributed by atoms with E-state index < -0.39 is 0 Å². The maximum absolute atomic E-state index is 12.9. The van der Waals surface area contributed by atoms with Crippen LogP contribution in [0.4, 0.5) is 5.69 Å². The summed E-state index contributed by atoms with van der Waals surface area (Å²) in [5, 5.41) is 0. The van der Waals surface area contributed by atoms with Crippen molar-refractivity contribution in [3.05, 3.63) is 23.2 Å². The fourth-order valence-electron chi connectivity index (χ4n) is 3.89. The maximum atomic E-state index is 12.9. The first-order valence-electron chi connectivity index (χ1n) is 7.69. The second kappa shape index (κ2) is 4.98. The molecule has 1 aliphatic carbocycles. The number of nitrogen functional groups attached to an aromatic ring is 1. The van der Waals surface area contributed by atoms with Crippen LogP contribution in [0.15, 0.2) is 18.3 Å². The normalized spacial score (nSPS) is 25.2. The Bertz CT molecular complexity index is 696. The number of carbonyl (C=O) groups is 1. The Balaban J connectivity index is 1.68. The Morgan fingerprint density at radius 3 is 3.05 bits per heavy atom. The SMILES string of the molecule is Nc1c(C(=O)N2CCC3CCCCC32)sc2cccnc12. The highest BCUT2D eigenvalue weighted by Crippen LogP contribution is 2.39. The molecule has 3 heterocycles. The molecule has 5 heteroatoms. The zero-order valence-corrected chi connectivity index (χ0v) is 12.7. The van der Waals surface area contributed by atoms with Crippen LogP contribution in [0.1, 0.15) is 41.8 Å². The van der Waals surface area contributed by atoms with E-state index in [2.05, 4.69) is 9.88 Å². The highest BCUT2D eigenvalue weighted by atomic mass is 32.1. The summed E-state index contributed by atoms with van der Waals surface area (Å²) in [5.74, 6) is 0.821. The molecule has 2 aliphatic rings. The molecule has 0 radical (unpaired) electrons. The Morgan fingerprint density at radius 2 is 2.19 bits per heavy atom. The Kier molecular flexibility index (Phi) is 3.10. The van der Waals surface area contributed by atoms with Crippen LogP contribution in [-0.4, -0.2) is 28.4 Å². The van der Waals surface area contributed by atoms with Crippen molar-refractivity contribution in [3.8, 4) is 0 Å². The quantitative estimate of drug-likeness (QED) is 0.879. The zero-order valence-electron chi connectivity index (χ0n) is 11.9. The first-order chi connectivity index (χ1) is 10.3. The van der Waals surface area contributed by atoms with E-state index in [0.29, 0.717) is 22.5 Å². The van der Waals surface area contributed by atoms with Crippen LogP contribution in [0, 0.1) is 5.92 Å². The Labute approximate surface area is 128 Å². The summed E-state index contributed by atoms with van der Waals surface area (Å²) in [6.07, 6.45) is 7.87. The molecule has 0 bridgehead atoms. The lowest BCUT2D eigenvalue weighted by molar-refractivity contribution is 0.0696. The van der Waals surface area contributed by atoms with Gasteiger partial charge in [-0.05, 0) is 37.3 Å². The van der Waals surface area contributed by atoms with Gasteiger partial charge in [0.25, 0.3) is 5.91 Å². The van der Waals surface area contributed by atoms with Crippen LogP contribution < -0.4 is 5.73 Å². The first kappa shape index (κ1) is 13.1. The summed E-state index contributed by atoms with van der Waals surface area (Å²) in [5.41, 5.74) is 7.50. The molecule has 4 nitrogen and oxygen atoms in total. The number of rotatable bonds is 1. The van der Waals surface area contributed by atoms with Gasteiger partial charge in [0.15, 0.2) is 0 Å². The molecule has 1 amide bonds. The fraction of sp³-hybridized carbons (Fsp3) is 0.500. The molecular formula is C16H19N3OS. The second-order valence-corrected chi connectivity index (χ2v) is 7.15. The Hall–Kier alpha value is -1.62. The topological polar surface area (TPSA) is 59.2 Å². The fourth-order valence-corrected chi connectivity index (χ4v) is 4.93. The van der Waals surface area contributed by atoms with Gasteiger partial charge in [0.2, 0.25) is 0 Å². The molecule has 1 saturated heterocycles. The van der Waals surface area contributed by atoms with Crippen molar-refractivity contribution in [2.45, 2.75) is 38.1 Å². The van der Waals surface area contributed by atoms with Crippen LogP contribution >= 0.6 is 11.3 Å². The van der Waals surface area contributed by atoms with Gasteiger partial charge in [-0.3, -0.25) is 9.78 Å². The van der Waals surface area contributed by atoms with Crippen LogP contribution in [0.5, 0.6) is 0 Å². The third kappa shape index (κ3) is 2.02. The first-order valence-corrected chi connectivity index (χ1v) is 8.51. The van der Waals surface area contributed by atoms with E-state index in [4.69, 9.17) is 5.73 Å². The van der Waals surface area contributed by atoms with Crippen molar-refractivity contribution >= 4 is 33.1 Å². The molecule has 1 aliphatic heterocycles. The van der Waals surface area contributed by atoms with Gasteiger partial charge < -0.3 is 10.6 Å². The van der Waals surface area contributed by atoms with Gasteiger partial charge in [-0.2, -0.15) is 0 Å². The summed E-state index contributed by atoms with van der Waals surface area (Å²) < 4.78 is 0.998. The number of nitrogens with zero attached hydrogens (tertiary/aromatic N) is 2. The van der Waals surface area contributed by atoms with E-state index in [0.717, 1.165) is 29.6 Å². The molecule has 4 rings (SSSR count). The average Bonchev–Trinajstić information content (AvgIpc) is 3.09. The lowest BCUT2D eigenvalue weighted by Crippen LogP contribution is -2.39. The van der Waals surface area contributed by atoms with E-state index in [-0.39, 0.29) is 5.91 Å². The minimum atomic E-state index is 0.116. The van der Waals surface area contributed by atoms with E-state index in [9.17, 15) is 4.79 Å². The van der Waals surface area contributed by atoms with Gasteiger partial charge in [0.05, 0.1) is 10.4 Å². The summed E-state index contributed by atoms with van der Waals surface area (Å²) in [4.78, 5) is 20.0. The van der Waals surface area contributed by atoms with Gasteiger partial charge in [0, 0.05) is 18.8 Å². The molecule has 2 aromatic rings. The number of fused-ring (bicyclic) bond motifs is 2. The minimum Gasteiger partial charge on any atom is -0.396 e. The van der Waals surface area contributed by atoms with Crippen LogP contribution in [0.25, 0.3) is 10.2 Å². The maximum Gasteiger partial charge on any atom is 0.266 e. The molecule has 0 aromatic carbocycles. The third-order valence-electron chi connectivity index (χ3n) is 4.95. The molecule has 21 heavy (non-hydrogen) atoms. The predicted molar refractivity (Wildman–Crippen MR) is 85.4 cm³/mol. The molecule has 110 valence electrons. The van der Waals surface area contributed by atoms with Gasteiger partial charge in [-0.1, -0.05) is 12.8 Å². The zero-order chi connectivity index (χ0) is 14.4. The lowest BCUT2D eigenvalue weighted by Gasteiger charge is -2.31. The smallest absolute Gasteiger partial charge is 0.266 e. The van der Waals surface area contributed by atoms with Crippen LogP contribution in [0.3, 0.4) is 0 Å². The number of anilines is 1. The van der Waals surface area contributed by atoms with Gasteiger partial charge in [-0.15, -0.1) is 11.3 Å². The summed E-state index contributed by atoms with van der Waals surface area (Å²) in [7, 11) is 0. The number of likely N-dealkylation sites (tertiary alicyclic amines) is 1. The number of nitrogens with two attached hydrogens (primary N) is 1. The van der Waals surface area contributed by atoms with E-state index in [1.54, 1.807) is 6.20 Å². The van der Waals surface area contributed by atoms with Crippen LogP contribution in [0.2, 0.25) is 0 Å². The summed E-state index contributed by atoms with van der Waals surface area (Å²) in [6, 6.07) is 4.30. The van der Waals surface area contributed by atoms with Gasteiger partial charge in [0.1, 0.15) is 10.4 Å². The van der Waals surface area contributed by atoms with E-state index >= 15 is 0 Å². The number of pyridine rings is 1. The van der Waals surface area contributed by atoms with E-state index in [1.165, 1.54) is 30.6 Å². The van der Waals surface area contributed by atoms with Crippen molar-refractivity contribution in [2.24, 2.45) is 5.92 Å². The molecule has 1 saturated carbocycles. The van der Waals surface area contributed by atoms with Crippen molar-refractivity contribution in [1.82, 2.24) is 9.88 Å². The van der Waals surface area contributed by atoms with Crippen molar-refractivity contribution < 1.29 is 4.79 Å². The summed E-state index contributed by atoms with van der Waals surface area (Å²) in [6.45, 7) is 0.884. The highest BCUT2D eigenvalue weighted by Gasteiger charge is 2.39. The average molecular weight is 301 g/mol. The monoisotopic (exact) mass is 301 g/mol. The standard InChI is InChI=1S/C16H19N3OS/c17-13-14-12(6-3-8-18-14)21-15(13)16(20)19-9-7-10-4-1-2-5-11(10)19/h3,6,8,10-11H,1-2,4-5,7,9,17H2. The number of hydrogen-bond donors (Lipinski definition) is 1. The highest BCUT2D eigenvalue weighted by molar-refractivity contribution is 7.21. The number of amides is 1. The molecule has 2 unspecified atom stereocenters. The van der Waals surface area contributed by atoms with Crippen LogP contribution in [-0.2, 0) is 0 Å². The molecule has 2 aromatic heterocycles. The van der Waals surface area contributed by atoms with Gasteiger partial charge in [-0.25, -0.2) is 0 Å². The number of carbonyl (C=O) groups excluding carboxylic acids is 1. The number of thiophene rings is 1. The molecule has 2 fully saturated rings. The van der Waals surface area contributed by atoms with Crippen molar-refractivity contribution in [3.63, 3.8) is 0 Å². The van der Waals surface area contributed by atoms with E-state index in [1.807, 2.05) is 12.1 Å². The molecule has 2 atom stereocenters. The minimum absolute atomic E-state index is 0.116. The predicted octanol–water partition coefficient (Wildman–Crippen LogP) is 3.28. The summed E-state index contributed by atoms with van der Waals surface area (Å²) >= 11 is 1.48. The lowest BCUT2D eigenvalue weighted by atomic mass is 9.85. The largest absolute Gasteiger partial charge is 0.396 e. The Morgan fingerprint density at radius 1 is 1.33 bits per heavy atom. The third-order valence-corrected chi connectivity index (χ3v) is 6.10. The van der Waals surface area contributed by atoms with Gasteiger partial charge >= 0.3 is 0 Å². The molecular weight excluding hydrogens is 282 g/mol. The molecule has 2 N–H and O–H groups in total. The van der Waals surface area contributed by atoms with Crippen molar-refractivity contribution in [1.29, 1.82) is 0 Å². The second-order valence-electron chi connectivity index (χ2n) is 6.09. The van der Waals surface area contributed by atoms with Crippen molar-refractivity contribution in [2.75, 3.05) is 12.3 Å².